The van der Waals surface area contributed by atoms with Crippen molar-refractivity contribution < 1.29 is 9.32 Å². The third kappa shape index (κ3) is 2.50. The number of anilines is 1. The number of aryl methyl sites for hydroxylation is 1. The SMILES string of the molecule is Cc1cc(CNC(=O)c2cc3cc(N)ccc3s2)no1. The molecule has 5 nitrogen and oxygen atoms in total. The number of nitrogens with zero attached hydrogens (tertiary/aromatic N) is 1. The first-order chi connectivity index (χ1) is 9.61. The molecule has 102 valence electrons. The number of amides is 1. The van der Waals surface area contributed by atoms with Gasteiger partial charge in [0.05, 0.1) is 11.4 Å². The quantitative estimate of drug-likeness (QED) is 0.726. The molecule has 0 aliphatic rings. The fraction of sp³-hybridized carbons (Fsp3) is 0.143. The monoisotopic (exact) mass is 287 g/mol. The number of fused-ring (bicyclic) bond motifs is 1. The lowest BCUT2D eigenvalue weighted by molar-refractivity contribution is 0.0954. The Balaban J connectivity index is 1.75. The number of carbonyl (C=O) groups is 1. The summed E-state index contributed by atoms with van der Waals surface area (Å²) in [5.74, 6) is 0.608. The van der Waals surface area contributed by atoms with Crippen LogP contribution >= 0.6 is 11.3 Å². The van der Waals surface area contributed by atoms with Gasteiger partial charge in [0.1, 0.15) is 11.5 Å². The van der Waals surface area contributed by atoms with E-state index in [1.165, 1.54) is 11.3 Å². The van der Waals surface area contributed by atoms with Crippen molar-refractivity contribution in [3.8, 4) is 0 Å². The molecule has 0 aliphatic carbocycles. The number of thiophene rings is 1. The molecular formula is C14H13N3O2S. The highest BCUT2D eigenvalue weighted by Gasteiger charge is 2.11. The van der Waals surface area contributed by atoms with Crippen LogP contribution in [0.4, 0.5) is 5.69 Å². The fourth-order valence-corrected chi connectivity index (χ4v) is 2.89. The highest BCUT2D eigenvalue weighted by Crippen LogP contribution is 2.27. The van der Waals surface area contributed by atoms with Gasteiger partial charge in [-0.3, -0.25) is 4.79 Å². The number of nitrogens with two attached hydrogens (primary N) is 1. The van der Waals surface area contributed by atoms with Crippen LogP contribution in [0.2, 0.25) is 0 Å². The lowest BCUT2D eigenvalue weighted by atomic mass is 10.2. The summed E-state index contributed by atoms with van der Waals surface area (Å²) in [6.07, 6.45) is 0. The maximum absolute atomic E-state index is 12.1. The topological polar surface area (TPSA) is 81.2 Å². The molecule has 2 heterocycles. The molecule has 3 N–H and O–H groups in total. The molecule has 2 aromatic heterocycles. The number of nitrogen functional groups attached to an aromatic ring is 1. The summed E-state index contributed by atoms with van der Waals surface area (Å²) < 4.78 is 5.99. The molecule has 0 saturated carbocycles. The maximum atomic E-state index is 12.1. The first-order valence-corrected chi connectivity index (χ1v) is 6.93. The van der Waals surface area contributed by atoms with E-state index in [0.717, 1.165) is 15.8 Å². The summed E-state index contributed by atoms with van der Waals surface area (Å²) in [5, 5.41) is 7.64. The van der Waals surface area contributed by atoms with Crippen molar-refractivity contribution >= 4 is 33.0 Å². The van der Waals surface area contributed by atoms with Crippen LogP contribution in [0.3, 0.4) is 0 Å². The minimum absolute atomic E-state index is 0.120. The lowest BCUT2D eigenvalue weighted by Crippen LogP contribution is -2.21. The maximum Gasteiger partial charge on any atom is 0.261 e. The van der Waals surface area contributed by atoms with Crippen LogP contribution in [0.5, 0.6) is 0 Å². The van der Waals surface area contributed by atoms with Gasteiger partial charge in [0.15, 0.2) is 0 Å². The van der Waals surface area contributed by atoms with Gasteiger partial charge in [0.2, 0.25) is 0 Å². The molecule has 0 aliphatic heterocycles. The third-order valence-corrected chi connectivity index (χ3v) is 3.99. The van der Waals surface area contributed by atoms with Gasteiger partial charge < -0.3 is 15.6 Å². The van der Waals surface area contributed by atoms with Crippen LogP contribution in [0, 0.1) is 6.92 Å². The number of hydrogen-bond acceptors (Lipinski definition) is 5. The van der Waals surface area contributed by atoms with E-state index in [1.807, 2.05) is 31.2 Å². The Labute approximate surface area is 119 Å². The first kappa shape index (κ1) is 12.7. The summed E-state index contributed by atoms with van der Waals surface area (Å²) in [6.45, 7) is 2.17. The molecule has 1 aromatic carbocycles. The Kier molecular flexibility index (Phi) is 3.15. The third-order valence-electron chi connectivity index (χ3n) is 2.87. The minimum Gasteiger partial charge on any atom is -0.399 e. The van der Waals surface area contributed by atoms with Crippen LogP contribution in [0.25, 0.3) is 10.1 Å². The smallest absolute Gasteiger partial charge is 0.261 e. The molecule has 0 bridgehead atoms. The summed E-state index contributed by atoms with van der Waals surface area (Å²) in [7, 11) is 0. The van der Waals surface area contributed by atoms with Crippen LogP contribution < -0.4 is 11.1 Å². The number of carbonyl (C=O) groups excluding carboxylic acids is 1. The summed E-state index contributed by atoms with van der Waals surface area (Å²) in [6, 6.07) is 9.26. The average Bonchev–Trinajstić information content (AvgIpc) is 3.01. The lowest BCUT2D eigenvalue weighted by Gasteiger charge is -1.99. The molecule has 0 fully saturated rings. The average molecular weight is 287 g/mol. The van der Waals surface area contributed by atoms with Crippen molar-refractivity contribution in [3.05, 3.63) is 46.7 Å². The summed E-state index contributed by atoms with van der Waals surface area (Å²) in [5.41, 5.74) is 7.14. The van der Waals surface area contributed by atoms with Crippen molar-refractivity contribution in [3.63, 3.8) is 0 Å². The Morgan fingerprint density at radius 2 is 2.25 bits per heavy atom. The second kappa shape index (κ2) is 4.97. The number of nitrogens with one attached hydrogen (secondary N) is 1. The van der Waals surface area contributed by atoms with E-state index < -0.39 is 0 Å². The Hall–Kier alpha value is -2.34. The Morgan fingerprint density at radius 3 is 3.00 bits per heavy atom. The fourth-order valence-electron chi connectivity index (χ4n) is 1.93. The van der Waals surface area contributed by atoms with Gasteiger partial charge in [0, 0.05) is 16.5 Å². The van der Waals surface area contributed by atoms with Crippen molar-refractivity contribution in [2.45, 2.75) is 13.5 Å². The number of benzene rings is 1. The predicted molar refractivity (Wildman–Crippen MR) is 78.6 cm³/mol. The predicted octanol–water partition coefficient (Wildman–Crippen LogP) is 2.71. The zero-order valence-corrected chi connectivity index (χ0v) is 11.7. The molecular weight excluding hydrogens is 274 g/mol. The van der Waals surface area contributed by atoms with E-state index >= 15 is 0 Å². The molecule has 0 radical (unpaired) electrons. The van der Waals surface area contributed by atoms with E-state index in [4.69, 9.17) is 10.3 Å². The second-order valence-electron chi connectivity index (χ2n) is 4.52. The summed E-state index contributed by atoms with van der Waals surface area (Å²) in [4.78, 5) is 12.7. The molecule has 20 heavy (non-hydrogen) atoms. The largest absolute Gasteiger partial charge is 0.399 e. The molecule has 0 unspecified atom stereocenters. The van der Waals surface area contributed by atoms with Crippen LogP contribution in [0.15, 0.2) is 34.9 Å². The van der Waals surface area contributed by atoms with Gasteiger partial charge in [-0.05, 0) is 36.6 Å². The van der Waals surface area contributed by atoms with Crippen LogP contribution in [-0.2, 0) is 6.54 Å². The standard InChI is InChI=1S/C14H13N3O2S/c1-8-4-11(17-19-8)7-16-14(18)13-6-9-5-10(15)2-3-12(9)20-13/h2-6H,7,15H2,1H3,(H,16,18). The number of rotatable bonds is 3. The van der Waals surface area contributed by atoms with Gasteiger partial charge in [-0.1, -0.05) is 5.16 Å². The van der Waals surface area contributed by atoms with Gasteiger partial charge in [0.25, 0.3) is 5.91 Å². The van der Waals surface area contributed by atoms with Gasteiger partial charge in [-0.15, -0.1) is 11.3 Å². The van der Waals surface area contributed by atoms with E-state index in [0.29, 0.717) is 22.8 Å². The first-order valence-electron chi connectivity index (χ1n) is 6.11. The van der Waals surface area contributed by atoms with Crippen molar-refractivity contribution in [1.82, 2.24) is 10.5 Å². The molecule has 3 aromatic rings. The number of hydrogen-bond donors (Lipinski definition) is 2. The highest BCUT2D eigenvalue weighted by atomic mass is 32.1. The normalized spacial score (nSPS) is 10.8. The van der Waals surface area contributed by atoms with Crippen molar-refractivity contribution in [1.29, 1.82) is 0 Å². The Morgan fingerprint density at radius 1 is 1.40 bits per heavy atom. The van der Waals surface area contributed by atoms with E-state index in [2.05, 4.69) is 10.5 Å². The highest BCUT2D eigenvalue weighted by molar-refractivity contribution is 7.20. The zero-order chi connectivity index (χ0) is 14.1. The van der Waals surface area contributed by atoms with E-state index in [1.54, 1.807) is 6.07 Å². The van der Waals surface area contributed by atoms with Gasteiger partial charge >= 0.3 is 0 Å². The molecule has 0 saturated heterocycles. The summed E-state index contributed by atoms with van der Waals surface area (Å²) >= 11 is 1.44. The van der Waals surface area contributed by atoms with Gasteiger partial charge in [-0.25, -0.2) is 0 Å². The van der Waals surface area contributed by atoms with E-state index in [-0.39, 0.29) is 5.91 Å². The Bertz CT molecular complexity index is 776. The molecule has 0 atom stereocenters. The molecule has 0 spiro atoms. The van der Waals surface area contributed by atoms with Crippen LogP contribution in [0.1, 0.15) is 21.1 Å². The number of aromatic nitrogens is 1. The van der Waals surface area contributed by atoms with Crippen molar-refractivity contribution in [2.75, 3.05) is 5.73 Å². The zero-order valence-electron chi connectivity index (χ0n) is 10.8. The molecule has 1 amide bonds. The van der Waals surface area contributed by atoms with Crippen LogP contribution in [-0.4, -0.2) is 11.1 Å². The minimum atomic E-state index is -0.120. The van der Waals surface area contributed by atoms with Crippen molar-refractivity contribution in [2.24, 2.45) is 0 Å². The van der Waals surface area contributed by atoms with E-state index in [9.17, 15) is 4.79 Å². The van der Waals surface area contributed by atoms with Gasteiger partial charge in [-0.2, -0.15) is 0 Å². The molecule has 3 rings (SSSR count). The second-order valence-corrected chi connectivity index (χ2v) is 5.60. The molecule has 6 heteroatoms.